The van der Waals surface area contributed by atoms with Gasteiger partial charge in [-0.3, -0.25) is 0 Å². The number of rotatable bonds is 4. The van der Waals surface area contributed by atoms with Crippen molar-refractivity contribution in [3.05, 3.63) is 29.0 Å². The lowest BCUT2D eigenvalue weighted by Crippen LogP contribution is -2.16. The average molecular weight is 325 g/mol. The maximum atomic E-state index is 6.37. The van der Waals surface area contributed by atoms with E-state index in [9.17, 15) is 0 Å². The molecule has 1 fully saturated rings. The lowest BCUT2D eigenvalue weighted by Gasteiger charge is -2.27. The van der Waals surface area contributed by atoms with Crippen LogP contribution < -0.4 is 0 Å². The third kappa shape index (κ3) is 3.22. The van der Waals surface area contributed by atoms with E-state index in [0.29, 0.717) is 5.88 Å². The highest BCUT2D eigenvalue weighted by Gasteiger charge is 2.20. The van der Waals surface area contributed by atoms with Gasteiger partial charge in [0.1, 0.15) is 5.82 Å². The normalized spacial score (nSPS) is 22.8. The van der Waals surface area contributed by atoms with Crippen LogP contribution in [0, 0.1) is 11.8 Å². The van der Waals surface area contributed by atoms with Crippen molar-refractivity contribution in [2.75, 3.05) is 0 Å². The SMILES string of the molecule is CC1CCCC(CCn2c(CCl)nc3cccc(Cl)c32)C1. The zero-order valence-corrected chi connectivity index (χ0v) is 14.0. The molecule has 4 heteroatoms. The standard InChI is InChI=1S/C17H22Cl2N2/c1-12-4-2-5-13(10-12)8-9-21-16(11-18)20-15-7-3-6-14(19)17(15)21/h3,6-7,12-13H,2,4-5,8-11H2,1H3. The molecule has 114 valence electrons. The average Bonchev–Trinajstić information content (AvgIpc) is 2.84. The number of halogens is 2. The van der Waals surface area contributed by atoms with Crippen LogP contribution in [0.15, 0.2) is 18.2 Å². The van der Waals surface area contributed by atoms with Crippen molar-refractivity contribution in [2.24, 2.45) is 11.8 Å². The molecule has 0 N–H and O–H groups in total. The number of nitrogens with zero attached hydrogens (tertiary/aromatic N) is 2. The minimum atomic E-state index is 0.437. The molecule has 0 bridgehead atoms. The highest BCUT2D eigenvalue weighted by molar-refractivity contribution is 6.35. The van der Waals surface area contributed by atoms with Gasteiger partial charge >= 0.3 is 0 Å². The molecule has 0 amide bonds. The molecule has 1 aromatic heterocycles. The van der Waals surface area contributed by atoms with Crippen molar-refractivity contribution in [2.45, 2.75) is 51.5 Å². The van der Waals surface area contributed by atoms with Gasteiger partial charge in [-0.2, -0.15) is 0 Å². The molecule has 21 heavy (non-hydrogen) atoms. The number of fused-ring (bicyclic) bond motifs is 1. The van der Waals surface area contributed by atoms with Crippen LogP contribution in [0.5, 0.6) is 0 Å². The van der Waals surface area contributed by atoms with Crippen LogP contribution in [-0.4, -0.2) is 9.55 Å². The first-order valence-corrected chi connectivity index (χ1v) is 8.80. The van der Waals surface area contributed by atoms with Gasteiger partial charge in [0.2, 0.25) is 0 Å². The second-order valence-electron chi connectivity index (χ2n) is 6.35. The van der Waals surface area contributed by atoms with Gasteiger partial charge in [0.25, 0.3) is 0 Å². The Kier molecular flexibility index (Phi) is 4.75. The Labute approximate surface area is 136 Å². The molecule has 1 aliphatic carbocycles. The zero-order valence-electron chi connectivity index (χ0n) is 12.5. The van der Waals surface area contributed by atoms with Gasteiger partial charge in [-0.15, -0.1) is 11.6 Å². The summed E-state index contributed by atoms with van der Waals surface area (Å²) in [6, 6.07) is 5.89. The van der Waals surface area contributed by atoms with Gasteiger partial charge in [-0.1, -0.05) is 43.9 Å². The number of imidazole rings is 1. The fraction of sp³-hybridized carbons (Fsp3) is 0.588. The highest BCUT2D eigenvalue weighted by Crippen LogP contribution is 2.32. The fourth-order valence-electron chi connectivity index (χ4n) is 3.67. The van der Waals surface area contributed by atoms with Crippen LogP contribution in [0.4, 0.5) is 0 Å². The van der Waals surface area contributed by atoms with Crippen LogP contribution in [0.3, 0.4) is 0 Å². The van der Waals surface area contributed by atoms with Crippen molar-refractivity contribution in [3.63, 3.8) is 0 Å². The van der Waals surface area contributed by atoms with E-state index >= 15 is 0 Å². The Morgan fingerprint density at radius 2 is 2.19 bits per heavy atom. The first-order chi connectivity index (χ1) is 10.2. The fourth-order valence-corrected chi connectivity index (χ4v) is 4.14. The second-order valence-corrected chi connectivity index (χ2v) is 7.02. The molecule has 0 radical (unpaired) electrons. The van der Waals surface area contributed by atoms with E-state index in [1.165, 1.54) is 32.1 Å². The van der Waals surface area contributed by atoms with Crippen molar-refractivity contribution in [1.29, 1.82) is 0 Å². The van der Waals surface area contributed by atoms with Gasteiger partial charge in [0, 0.05) is 6.54 Å². The third-order valence-corrected chi connectivity index (χ3v) is 5.27. The Morgan fingerprint density at radius 1 is 1.33 bits per heavy atom. The summed E-state index contributed by atoms with van der Waals surface area (Å²) in [7, 11) is 0. The summed E-state index contributed by atoms with van der Waals surface area (Å²) in [6.07, 6.45) is 6.69. The number of benzene rings is 1. The first-order valence-electron chi connectivity index (χ1n) is 7.88. The van der Waals surface area contributed by atoms with E-state index in [1.807, 2.05) is 18.2 Å². The first kappa shape index (κ1) is 15.2. The molecule has 2 unspecified atom stereocenters. The quantitative estimate of drug-likeness (QED) is 0.665. The van der Waals surface area contributed by atoms with Crippen LogP contribution >= 0.6 is 23.2 Å². The van der Waals surface area contributed by atoms with Crippen LogP contribution in [0.2, 0.25) is 5.02 Å². The van der Waals surface area contributed by atoms with Crippen LogP contribution in [0.25, 0.3) is 11.0 Å². The van der Waals surface area contributed by atoms with E-state index in [2.05, 4.69) is 16.5 Å². The third-order valence-electron chi connectivity index (χ3n) is 4.72. The summed E-state index contributed by atoms with van der Waals surface area (Å²) in [5.74, 6) is 3.08. The number of para-hydroxylation sites is 1. The molecule has 2 aromatic rings. The number of aromatic nitrogens is 2. The number of alkyl halides is 1. The molecule has 1 heterocycles. The number of aryl methyl sites for hydroxylation is 1. The van der Waals surface area contributed by atoms with Crippen molar-refractivity contribution in [3.8, 4) is 0 Å². The summed E-state index contributed by atoms with van der Waals surface area (Å²) >= 11 is 12.4. The summed E-state index contributed by atoms with van der Waals surface area (Å²) in [6.45, 7) is 3.35. The Morgan fingerprint density at radius 3 is 2.95 bits per heavy atom. The predicted molar refractivity (Wildman–Crippen MR) is 90.0 cm³/mol. The molecular formula is C17H22Cl2N2. The number of hydrogen-bond acceptors (Lipinski definition) is 1. The van der Waals surface area contributed by atoms with Gasteiger partial charge < -0.3 is 4.57 Å². The molecule has 2 atom stereocenters. The van der Waals surface area contributed by atoms with Gasteiger partial charge in [0.05, 0.1) is 21.9 Å². The monoisotopic (exact) mass is 324 g/mol. The topological polar surface area (TPSA) is 17.8 Å². The molecule has 1 aromatic carbocycles. The lowest BCUT2D eigenvalue weighted by molar-refractivity contribution is 0.261. The predicted octanol–water partition coefficient (Wildman–Crippen LogP) is 5.64. The molecular weight excluding hydrogens is 303 g/mol. The molecule has 3 rings (SSSR count). The van der Waals surface area contributed by atoms with E-state index < -0.39 is 0 Å². The summed E-state index contributed by atoms with van der Waals surface area (Å²) in [5.41, 5.74) is 1.99. The molecule has 2 nitrogen and oxygen atoms in total. The highest BCUT2D eigenvalue weighted by atomic mass is 35.5. The molecule has 1 saturated carbocycles. The molecule has 0 saturated heterocycles. The smallest absolute Gasteiger partial charge is 0.124 e. The molecule has 1 aliphatic rings. The van der Waals surface area contributed by atoms with Gasteiger partial charge in [0.15, 0.2) is 0 Å². The van der Waals surface area contributed by atoms with E-state index in [-0.39, 0.29) is 0 Å². The Hall–Kier alpha value is -0.730. The van der Waals surface area contributed by atoms with Crippen molar-refractivity contribution < 1.29 is 0 Å². The minimum Gasteiger partial charge on any atom is -0.326 e. The Balaban J connectivity index is 1.82. The van der Waals surface area contributed by atoms with E-state index in [1.54, 1.807) is 0 Å². The van der Waals surface area contributed by atoms with Crippen LogP contribution in [0.1, 0.15) is 44.9 Å². The van der Waals surface area contributed by atoms with Gasteiger partial charge in [-0.05, 0) is 36.8 Å². The van der Waals surface area contributed by atoms with Crippen molar-refractivity contribution in [1.82, 2.24) is 9.55 Å². The molecule has 0 aliphatic heterocycles. The van der Waals surface area contributed by atoms with E-state index in [0.717, 1.165) is 40.3 Å². The summed E-state index contributed by atoms with van der Waals surface area (Å²) in [4.78, 5) is 4.62. The minimum absolute atomic E-state index is 0.437. The van der Waals surface area contributed by atoms with Crippen LogP contribution in [-0.2, 0) is 12.4 Å². The number of hydrogen-bond donors (Lipinski definition) is 0. The van der Waals surface area contributed by atoms with Crippen molar-refractivity contribution >= 4 is 34.2 Å². The maximum Gasteiger partial charge on any atom is 0.124 e. The van der Waals surface area contributed by atoms with E-state index in [4.69, 9.17) is 23.2 Å². The Bertz CT molecular complexity index is 621. The summed E-state index contributed by atoms with van der Waals surface area (Å²) in [5, 5.41) is 0.772. The zero-order chi connectivity index (χ0) is 14.8. The van der Waals surface area contributed by atoms with Gasteiger partial charge in [-0.25, -0.2) is 4.98 Å². The summed E-state index contributed by atoms with van der Waals surface area (Å²) < 4.78 is 2.23. The molecule has 0 spiro atoms. The lowest BCUT2D eigenvalue weighted by atomic mass is 9.81. The maximum absolute atomic E-state index is 6.37. The largest absolute Gasteiger partial charge is 0.326 e. The second kappa shape index (κ2) is 6.58.